The van der Waals surface area contributed by atoms with Crippen molar-refractivity contribution in [3.05, 3.63) is 48.5 Å². The first kappa shape index (κ1) is 24.0. The minimum atomic E-state index is -0.618. The molecule has 36 heavy (non-hydrogen) atoms. The van der Waals surface area contributed by atoms with Gasteiger partial charge in [0.1, 0.15) is 11.5 Å². The predicted molar refractivity (Wildman–Crippen MR) is 133 cm³/mol. The number of nitrogens with zero attached hydrogens (tertiary/aromatic N) is 2. The number of rotatable bonds is 6. The highest BCUT2D eigenvalue weighted by Crippen LogP contribution is 2.42. The van der Waals surface area contributed by atoms with E-state index in [-0.39, 0.29) is 48.3 Å². The van der Waals surface area contributed by atoms with Crippen molar-refractivity contribution in [2.45, 2.75) is 39.5 Å². The Kier molecular flexibility index (Phi) is 6.51. The van der Waals surface area contributed by atoms with Gasteiger partial charge in [-0.2, -0.15) is 0 Å². The Hall–Kier alpha value is -3.68. The second kappa shape index (κ2) is 9.76. The van der Waals surface area contributed by atoms with Crippen molar-refractivity contribution in [3.8, 4) is 11.5 Å². The van der Waals surface area contributed by atoms with E-state index in [1.807, 2.05) is 6.92 Å². The maximum absolute atomic E-state index is 13.0. The molecule has 3 fully saturated rings. The normalized spacial score (nSPS) is 25.8. The number of carbonyl (C=O) groups excluding carboxylic acids is 4. The molecule has 2 aromatic carbocycles. The molecule has 188 valence electrons. The Morgan fingerprint density at radius 2 is 1.69 bits per heavy atom. The number of imide groups is 1. The third kappa shape index (κ3) is 4.47. The van der Waals surface area contributed by atoms with E-state index in [1.165, 1.54) is 4.90 Å². The molecule has 2 heterocycles. The van der Waals surface area contributed by atoms with Crippen LogP contribution in [-0.4, -0.2) is 36.8 Å². The van der Waals surface area contributed by atoms with Crippen molar-refractivity contribution in [3.63, 3.8) is 0 Å². The Morgan fingerprint density at radius 1 is 0.944 bits per heavy atom. The number of amides is 3. The molecule has 0 N–H and O–H groups in total. The van der Waals surface area contributed by atoms with Gasteiger partial charge in [-0.25, -0.2) is 4.90 Å². The van der Waals surface area contributed by atoms with Crippen LogP contribution in [0.15, 0.2) is 48.5 Å². The molecule has 8 heteroatoms. The van der Waals surface area contributed by atoms with Crippen molar-refractivity contribution in [2.75, 3.05) is 23.0 Å². The topological polar surface area (TPSA) is 93.2 Å². The number of esters is 1. The first-order valence-electron chi connectivity index (χ1n) is 12.6. The lowest BCUT2D eigenvalue weighted by Gasteiger charge is -2.25. The molecule has 8 nitrogen and oxygen atoms in total. The monoisotopic (exact) mass is 490 g/mol. The van der Waals surface area contributed by atoms with Crippen molar-refractivity contribution >= 4 is 35.1 Å². The highest BCUT2D eigenvalue weighted by atomic mass is 16.5. The third-order valence-electron chi connectivity index (χ3n) is 7.40. The molecule has 2 aliphatic heterocycles. The highest BCUT2D eigenvalue weighted by molar-refractivity contribution is 6.22. The summed E-state index contributed by atoms with van der Waals surface area (Å²) in [5.41, 5.74) is 1.11. The lowest BCUT2D eigenvalue weighted by Crippen LogP contribution is -2.31. The van der Waals surface area contributed by atoms with Crippen LogP contribution in [-0.2, 0) is 19.2 Å². The average molecular weight is 491 g/mol. The zero-order valence-corrected chi connectivity index (χ0v) is 20.5. The van der Waals surface area contributed by atoms with E-state index in [9.17, 15) is 19.2 Å². The Bertz CT molecular complexity index is 1190. The summed E-state index contributed by atoms with van der Waals surface area (Å²) in [7, 11) is 0. The lowest BCUT2D eigenvalue weighted by atomic mass is 9.76. The standard InChI is InChI=1S/C28H30N2O6/c1-3-35-21-10-8-19(9-11-21)29-16-18(14-25(29)31)28(34)36-22-6-4-5-20(15-22)30-26(32)23-12-7-17(2)13-24(23)27(30)33/h4-6,8-11,15,17-18,23-24H,3,7,12-14,16H2,1-2H3/t17-,18-,23-,24-/m0/s1. The van der Waals surface area contributed by atoms with E-state index in [1.54, 1.807) is 53.4 Å². The highest BCUT2D eigenvalue weighted by Gasteiger charge is 2.50. The number of hydrogen-bond donors (Lipinski definition) is 0. The number of carbonyl (C=O) groups is 4. The van der Waals surface area contributed by atoms with E-state index in [2.05, 4.69) is 6.92 Å². The van der Waals surface area contributed by atoms with Crippen LogP contribution in [0.4, 0.5) is 11.4 Å². The molecule has 0 spiro atoms. The fourth-order valence-corrected chi connectivity index (χ4v) is 5.53. The molecule has 5 rings (SSSR count). The number of fused-ring (bicyclic) bond motifs is 1. The Morgan fingerprint density at radius 3 is 2.44 bits per heavy atom. The number of hydrogen-bond acceptors (Lipinski definition) is 6. The molecular formula is C28H30N2O6. The van der Waals surface area contributed by atoms with Crippen LogP contribution in [0, 0.1) is 23.7 Å². The molecule has 0 radical (unpaired) electrons. The summed E-state index contributed by atoms with van der Waals surface area (Å²) in [5.74, 6) is -0.793. The van der Waals surface area contributed by atoms with E-state index in [0.29, 0.717) is 29.6 Å². The van der Waals surface area contributed by atoms with Gasteiger partial charge in [0.25, 0.3) is 0 Å². The van der Waals surface area contributed by atoms with Crippen LogP contribution < -0.4 is 19.3 Å². The smallest absolute Gasteiger partial charge is 0.316 e. The minimum Gasteiger partial charge on any atom is -0.494 e. The molecule has 1 saturated carbocycles. The molecule has 2 saturated heterocycles. The van der Waals surface area contributed by atoms with Gasteiger partial charge in [0.2, 0.25) is 17.7 Å². The summed E-state index contributed by atoms with van der Waals surface area (Å²) >= 11 is 0. The van der Waals surface area contributed by atoms with Crippen molar-refractivity contribution in [1.29, 1.82) is 0 Å². The fraction of sp³-hybridized carbons (Fsp3) is 0.429. The van der Waals surface area contributed by atoms with Crippen LogP contribution in [0.5, 0.6) is 11.5 Å². The van der Waals surface area contributed by atoms with E-state index < -0.39 is 11.9 Å². The minimum absolute atomic E-state index is 0.0520. The summed E-state index contributed by atoms with van der Waals surface area (Å²) in [6.45, 7) is 4.78. The summed E-state index contributed by atoms with van der Waals surface area (Å²) in [5, 5.41) is 0. The van der Waals surface area contributed by atoms with Crippen molar-refractivity contribution in [1.82, 2.24) is 0 Å². The lowest BCUT2D eigenvalue weighted by molar-refractivity contribution is -0.139. The predicted octanol–water partition coefficient (Wildman–Crippen LogP) is 3.97. The largest absolute Gasteiger partial charge is 0.494 e. The second-order valence-corrected chi connectivity index (χ2v) is 9.89. The fourth-order valence-electron chi connectivity index (χ4n) is 5.53. The average Bonchev–Trinajstić information content (AvgIpc) is 3.37. The summed E-state index contributed by atoms with van der Waals surface area (Å²) in [4.78, 5) is 54.4. The molecule has 2 aromatic rings. The molecule has 4 atom stereocenters. The van der Waals surface area contributed by atoms with Gasteiger partial charge in [-0.3, -0.25) is 19.2 Å². The Balaban J connectivity index is 1.26. The van der Waals surface area contributed by atoms with Gasteiger partial charge in [0.05, 0.1) is 30.0 Å². The van der Waals surface area contributed by atoms with Gasteiger partial charge in [0.15, 0.2) is 0 Å². The van der Waals surface area contributed by atoms with Crippen LogP contribution >= 0.6 is 0 Å². The second-order valence-electron chi connectivity index (χ2n) is 9.89. The molecule has 0 aromatic heterocycles. The zero-order chi connectivity index (χ0) is 25.4. The molecule has 3 aliphatic rings. The van der Waals surface area contributed by atoms with Gasteiger partial charge >= 0.3 is 5.97 Å². The maximum Gasteiger partial charge on any atom is 0.316 e. The quantitative estimate of drug-likeness (QED) is 0.346. The number of ether oxygens (including phenoxy) is 2. The van der Waals surface area contributed by atoms with Gasteiger partial charge in [-0.1, -0.05) is 13.0 Å². The molecular weight excluding hydrogens is 460 g/mol. The first-order chi connectivity index (χ1) is 17.4. The van der Waals surface area contributed by atoms with Crippen molar-refractivity contribution < 1.29 is 28.7 Å². The van der Waals surface area contributed by atoms with Crippen LogP contribution in [0.3, 0.4) is 0 Å². The van der Waals surface area contributed by atoms with Gasteiger partial charge in [0, 0.05) is 24.7 Å². The van der Waals surface area contributed by atoms with Gasteiger partial charge in [-0.05, 0) is 68.5 Å². The van der Waals surface area contributed by atoms with E-state index in [0.717, 1.165) is 19.3 Å². The summed E-state index contributed by atoms with van der Waals surface area (Å²) < 4.78 is 11.0. The molecule has 0 unspecified atom stereocenters. The van der Waals surface area contributed by atoms with Crippen molar-refractivity contribution in [2.24, 2.45) is 23.7 Å². The zero-order valence-electron chi connectivity index (χ0n) is 20.5. The Labute approximate surface area is 210 Å². The molecule has 0 bridgehead atoms. The third-order valence-corrected chi connectivity index (χ3v) is 7.40. The maximum atomic E-state index is 13.0. The van der Waals surface area contributed by atoms with E-state index >= 15 is 0 Å². The number of anilines is 2. The molecule has 1 aliphatic carbocycles. The SMILES string of the molecule is CCOc1ccc(N2C[C@@H](C(=O)Oc3cccc(N4C(=O)[C@H]5CC[C@H](C)C[C@@H]5C4=O)c3)CC2=O)cc1. The van der Waals surface area contributed by atoms with Crippen LogP contribution in [0.2, 0.25) is 0 Å². The van der Waals surface area contributed by atoms with E-state index in [4.69, 9.17) is 9.47 Å². The summed E-state index contributed by atoms with van der Waals surface area (Å²) in [6, 6.07) is 13.7. The van der Waals surface area contributed by atoms with Crippen LogP contribution in [0.25, 0.3) is 0 Å². The van der Waals surface area contributed by atoms with Gasteiger partial charge < -0.3 is 14.4 Å². The van der Waals surface area contributed by atoms with Crippen LogP contribution in [0.1, 0.15) is 39.5 Å². The molecule has 3 amide bonds. The van der Waals surface area contributed by atoms with Gasteiger partial charge in [-0.15, -0.1) is 0 Å². The summed E-state index contributed by atoms with van der Waals surface area (Å²) in [6.07, 6.45) is 2.44. The first-order valence-corrected chi connectivity index (χ1v) is 12.6. The number of benzene rings is 2.